The molecule has 19 heavy (non-hydrogen) atoms. The van der Waals surface area contributed by atoms with Gasteiger partial charge in [0, 0.05) is 0 Å². The third kappa shape index (κ3) is 2.47. The first-order chi connectivity index (χ1) is 8.86. The van der Waals surface area contributed by atoms with Gasteiger partial charge in [0.2, 0.25) is 0 Å². The van der Waals surface area contributed by atoms with Crippen LogP contribution >= 0.6 is 11.6 Å². The second kappa shape index (κ2) is 4.88. The molecule has 0 aromatic heterocycles. The lowest BCUT2D eigenvalue weighted by molar-refractivity contribution is -0.0420. The van der Waals surface area contributed by atoms with E-state index in [4.69, 9.17) is 22.2 Å². The molecule has 0 saturated carbocycles. The molecule has 0 aliphatic carbocycles. The number of benzene rings is 1. The molecule has 104 valence electrons. The zero-order valence-corrected chi connectivity index (χ0v) is 11.4. The standard InChI is InChI=1S/C12H16ClN3O3/c1-12(2)16(11(17)18)10(6-19-12)7-3-4-8(13)9(5-7)15-14/h3-5,10,15H,6,14H2,1-2H3,(H,17,18). The van der Waals surface area contributed by atoms with Crippen molar-refractivity contribution in [1.82, 2.24) is 4.90 Å². The van der Waals surface area contributed by atoms with Crippen LogP contribution in [0.2, 0.25) is 5.02 Å². The Bertz CT molecular complexity index is 507. The van der Waals surface area contributed by atoms with Crippen LogP contribution in [0.3, 0.4) is 0 Å². The van der Waals surface area contributed by atoms with E-state index in [0.717, 1.165) is 5.56 Å². The number of anilines is 1. The average molecular weight is 286 g/mol. The number of carbonyl (C=O) groups is 1. The number of ether oxygens (including phenoxy) is 1. The van der Waals surface area contributed by atoms with Gasteiger partial charge in [-0.05, 0) is 31.5 Å². The average Bonchev–Trinajstić information content (AvgIpc) is 2.65. The summed E-state index contributed by atoms with van der Waals surface area (Å²) in [5.74, 6) is 5.37. The van der Waals surface area contributed by atoms with Gasteiger partial charge in [0.1, 0.15) is 5.72 Å². The number of hydrogen-bond acceptors (Lipinski definition) is 4. The first-order valence-electron chi connectivity index (χ1n) is 5.79. The quantitative estimate of drug-likeness (QED) is 0.574. The molecule has 7 heteroatoms. The third-order valence-electron chi connectivity index (χ3n) is 3.22. The fourth-order valence-corrected chi connectivity index (χ4v) is 2.44. The van der Waals surface area contributed by atoms with Crippen LogP contribution in [0.1, 0.15) is 25.5 Å². The summed E-state index contributed by atoms with van der Waals surface area (Å²) in [6, 6.07) is 4.80. The van der Waals surface area contributed by atoms with Gasteiger partial charge < -0.3 is 15.3 Å². The first kappa shape index (κ1) is 13.9. The zero-order chi connectivity index (χ0) is 14.2. The van der Waals surface area contributed by atoms with Crippen molar-refractivity contribution in [3.63, 3.8) is 0 Å². The van der Waals surface area contributed by atoms with E-state index in [1.165, 1.54) is 4.90 Å². The maximum absolute atomic E-state index is 11.4. The van der Waals surface area contributed by atoms with Crippen LogP contribution in [-0.2, 0) is 4.74 Å². The highest BCUT2D eigenvalue weighted by Gasteiger charge is 2.44. The number of halogens is 1. The summed E-state index contributed by atoms with van der Waals surface area (Å²) >= 11 is 5.95. The minimum Gasteiger partial charge on any atom is -0.465 e. The van der Waals surface area contributed by atoms with Crippen molar-refractivity contribution >= 4 is 23.4 Å². The fraction of sp³-hybridized carbons (Fsp3) is 0.417. The molecule has 0 bridgehead atoms. The smallest absolute Gasteiger partial charge is 0.410 e. The lowest BCUT2D eigenvalue weighted by Gasteiger charge is -2.31. The van der Waals surface area contributed by atoms with Gasteiger partial charge in [-0.1, -0.05) is 17.7 Å². The molecule has 1 unspecified atom stereocenters. The Kier molecular flexibility index (Phi) is 3.58. The van der Waals surface area contributed by atoms with Gasteiger partial charge in [-0.15, -0.1) is 0 Å². The highest BCUT2D eigenvalue weighted by molar-refractivity contribution is 6.33. The molecule has 1 aromatic carbocycles. The maximum Gasteiger partial charge on any atom is 0.410 e. The van der Waals surface area contributed by atoms with E-state index in [2.05, 4.69) is 5.43 Å². The van der Waals surface area contributed by atoms with E-state index in [0.29, 0.717) is 17.3 Å². The van der Waals surface area contributed by atoms with Gasteiger partial charge >= 0.3 is 6.09 Å². The van der Waals surface area contributed by atoms with Crippen molar-refractivity contribution in [2.75, 3.05) is 12.0 Å². The maximum atomic E-state index is 11.4. The molecule has 1 amide bonds. The van der Waals surface area contributed by atoms with Gasteiger partial charge in [0.25, 0.3) is 0 Å². The highest BCUT2D eigenvalue weighted by Crippen LogP contribution is 2.38. The summed E-state index contributed by atoms with van der Waals surface area (Å²) < 4.78 is 5.55. The number of nitrogens with one attached hydrogen (secondary N) is 1. The molecule has 1 aliphatic heterocycles. The van der Waals surface area contributed by atoms with Crippen LogP contribution in [0.4, 0.5) is 10.5 Å². The van der Waals surface area contributed by atoms with Gasteiger partial charge in [0.05, 0.1) is 23.4 Å². The molecule has 1 aromatic rings. The van der Waals surface area contributed by atoms with Crippen LogP contribution in [-0.4, -0.2) is 28.4 Å². The van der Waals surface area contributed by atoms with Crippen molar-refractivity contribution in [1.29, 1.82) is 0 Å². The number of nitrogen functional groups attached to an aromatic ring is 1. The predicted molar refractivity (Wildman–Crippen MR) is 71.9 cm³/mol. The Morgan fingerprint density at radius 3 is 2.89 bits per heavy atom. The molecule has 1 aliphatic rings. The topological polar surface area (TPSA) is 87.8 Å². The molecule has 1 fully saturated rings. The molecular formula is C12H16ClN3O3. The summed E-state index contributed by atoms with van der Waals surface area (Å²) in [5.41, 5.74) is 2.96. The molecular weight excluding hydrogens is 270 g/mol. The highest BCUT2D eigenvalue weighted by atomic mass is 35.5. The Morgan fingerprint density at radius 2 is 2.32 bits per heavy atom. The van der Waals surface area contributed by atoms with E-state index in [1.807, 2.05) is 0 Å². The third-order valence-corrected chi connectivity index (χ3v) is 3.55. The summed E-state index contributed by atoms with van der Waals surface area (Å²) in [6.07, 6.45) is -1.02. The fourth-order valence-electron chi connectivity index (χ4n) is 2.27. The Labute approximate surface area is 116 Å². The second-order valence-corrected chi connectivity index (χ2v) is 5.22. The predicted octanol–water partition coefficient (Wildman–Crippen LogP) is 2.41. The molecule has 1 atom stereocenters. The van der Waals surface area contributed by atoms with Crippen molar-refractivity contribution < 1.29 is 14.6 Å². The van der Waals surface area contributed by atoms with E-state index < -0.39 is 11.8 Å². The lowest BCUT2D eigenvalue weighted by Crippen LogP contribution is -2.44. The van der Waals surface area contributed by atoms with E-state index in [-0.39, 0.29) is 6.04 Å². The van der Waals surface area contributed by atoms with E-state index >= 15 is 0 Å². The van der Waals surface area contributed by atoms with Crippen molar-refractivity contribution in [3.8, 4) is 0 Å². The van der Waals surface area contributed by atoms with Gasteiger partial charge in [-0.2, -0.15) is 0 Å². The second-order valence-electron chi connectivity index (χ2n) is 4.81. The molecule has 0 radical (unpaired) electrons. The van der Waals surface area contributed by atoms with Crippen LogP contribution in [0, 0.1) is 0 Å². The summed E-state index contributed by atoms with van der Waals surface area (Å²) in [4.78, 5) is 12.7. The van der Waals surface area contributed by atoms with Gasteiger partial charge in [0.15, 0.2) is 0 Å². The molecule has 2 rings (SSSR count). The van der Waals surface area contributed by atoms with Crippen molar-refractivity contribution in [2.45, 2.75) is 25.6 Å². The first-order valence-corrected chi connectivity index (χ1v) is 6.17. The number of hydrogen-bond donors (Lipinski definition) is 3. The van der Waals surface area contributed by atoms with Crippen LogP contribution in [0.15, 0.2) is 18.2 Å². The normalized spacial score (nSPS) is 21.5. The molecule has 6 nitrogen and oxygen atoms in total. The Hall–Kier alpha value is -1.50. The minimum absolute atomic E-state index is 0.297. The number of carboxylic acid groups (broad SMARTS) is 1. The Morgan fingerprint density at radius 1 is 1.63 bits per heavy atom. The van der Waals surface area contributed by atoms with Crippen LogP contribution in [0.5, 0.6) is 0 Å². The number of hydrazine groups is 1. The lowest BCUT2D eigenvalue weighted by atomic mass is 10.1. The summed E-state index contributed by atoms with van der Waals surface area (Å²) in [7, 11) is 0. The van der Waals surface area contributed by atoms with Crippen molar-refractivity contribution in [2.24, 2.45) is 5.84 Å². The molecule has 4 N–H and O–H groups in total. The van der Waals surface area contributed by atoms with Crippen LogP contribution < -0.4 is 11.3 Å². The van der Waals surface area contributed by atoms with E-state index in [9.17, 15) is 9.90 Å². The summed E-state index contributed by atoms with van der Waals surface area (Å²) in [6.45, 7) is 3.74. The number of rotatable bonds is 2. The van der Waals surface area contributed by atoms with Crippen molar-refractivity contribution in [3.05, 3.63) is 28.8 Å². The molecule has 1 saturated heterocycles. The zero-order valence-electron chi connectivity index (χ0n) is 10.7. The number of amides is 1. The minimum atomic E-state index is -1.02. The van der Waals surface area contributed by atoms with Crippen LogP contribution in [0.25, 0.3) is 0 Å². The molecule has 1 heterocycles. The monoisotopic (exact) mass is 285 g/mol. The van der Waals surface area contributed by atoms with Gasteiger partial charge in [-0.25, -0.2) is 4.79 Å². The summed E-state index contributed by atoms with van der Waals surface area (Å²) in [5, 5.41) is 9.82. The SMILES string of the molecule is CC1(C)OCC(c2ccc(Cl)c(NN)c2)N1C(=O)O. The molecule has 0 spiro atoms. The number of nitrogens with zero attached hydrogens (tertiary/aromatic N) is 1. The Balaban J connectivity index is 2.39. The van der Waals surface area contributed by atoms with E-state index in [1.54, 1.807) is 32.0 Å². The van der Waals surface area contributed by atoms with Gasteiger partial charge in [-0.3, -0.25) is 10.7 Å². The number of nitrogens with two attached hydrogens (primary N) is 1. The largest absolute Gasteiger partial charge is 0.465 e.